The van der Waals surface area contributed by atoms with E-state index in [1.165, 1.54) is 0 Å². The van der Waals surface area contributed by atoms with E-state index in [4.69, 9.17) is 27.9 Å². The number of ether oxygens (including phenoxy) is 1. The van der Waals surface area contributed by atoms with Crippen molar-refractivity contribution in [2.24, 2.45) is 0 Å². The van der Waals surface area contributed by atoms with E-state index in [2.05, 4.69) is 0 Å². The van der Waals surface area contributed by atoms with E-state index in [0.717, 1.165) is 18.2 Å². The number of benzene rings is 2. The predicted octanol–water partition coefficient (Wildman–Crippen LogP) is 3.29. The molecule has 0 aliphatic carbocycles. The van der Waals surface area contributed by atoms with Crippen molar-refractivity contribution in [1.82, 2.24) is 4.72 Å². The molecule has 25 heavy (non-hydrogen) atoms. The summed E-state index contributed by atoms with van der Waals surface area (Å²) in [5.74, 6) is -3.52. The lowest BCUT2D eigenvalue weighted by Gasteiger charge is -2.10. The molecule has 0 unspecified atom stereocenters. The average Bonchev–Trinajstić information content (AvgIpc) is 2.52. The van der Waals surface area contributed by atoms with Crippen LogP contribution in [0.1, 0.15) is 5.56 Å². The normalized spacial score (nSPS) is 11.4. The van der Waals surface area contributed by atoms with Crippen LogP contribution in [-0.2, 0) is 26.2 Å². The van der Waals surface area contributed by atoms with E-state index in [0.29, 0.717) is 5.56 Å². The molecule has 0 atom stereocenters. The lowest BCUT2D eigenvalue weighted by Crippen LogP contribution is -2.31. The molecule has 5 nitrogen and oxygen atoms in total. The summed E-state index contributed by atoms with van der Waals surface area (Å²) < 4.78 is 57.5. The fourth-order valence-corrected chi connectivity index (χ4v) is 3.45. The highest BCUT2D eigenvalue weighted by molar-refractivity contribution is 7.89. The molecule has 0 aliphatic heterocycles. The molecule has 0 radical (unpaired) electrons. The van der Waals surface area contributed by atoms with Crippen LogP contribution < -0.4 is 4.72 Å². The molecular weight excluding hydrogens is 399 g/mol. The first kappa shape index (κ1) is 19.6. The molecular formula is C15H11Cl2F2NO4S. The topological polar surface area (TPSA) is 72.5 Å². The number of sulfonamides is 1. The van der Waals surface area contributed by atoms with Gasteiger partial charge in [-0.15, -0.1) is 0 Å². The predicted molar refractivity (Wildman–Crippen MR) is 87.8 cm³/mol. The second kappa shape index (κ2) is 8.09. The minimum atomic E-state index is -4.57. The largest absolute Gasteiger partial charge is 0.460 e. The van der Waals surface area contributed by atoms with E-state index in [1.54, 1.807) is 22.9 Å². The smallest absolute Gasteiger partial charge is 0.321 e. The average molecular weight is 410 g/mol. The van der Waals surface area contributed by atoms with Crippen molar-refractivity contribution in [3.8, 4) is 0 Å². The Morgan fingerprint density at radius 3 is 2.12 bits per heavy atom. The van der Waals surface area contributed by atoms with Gasteiger partial charge in [0.1, 0.15) is 24.8 Å². The van der Waals surface area contributed by atoms with Crippen molar-refractivity contribution in [3.05, 3.63) is 63.6 Å². The minimum absolute atomic E-state index is 0.273. The Kier molecular flexibility index (Phi) is 6.34. The van der Waals surface area contributed by atoms with Gasteiger partial charge in [0.25, 0.3) is 0 Å². The number of nitrogens with one attached hydrogen (secondary N) is 1. The van der Waals surface area contributed by atoms with Crippen LogP contribution in [0.15, 0.2) is 41.3 Å². The molecule has 10 heteroatoms. The first-order chi connectivity index (χ1) is 11.7. The summed E-state index contributed by atoms with van der Waals surface area (Å²) in [6, 6.07) is 7.28. The lowest BCUT2D eigenvalue weighted by atomic mass is 10.2. The molecule has 1 N–H and O–H groups in total. The number of esters is 1. The molecule has 0 saturated carbocycles. The number of hydrogen-bond acceptors (Lipinski definition) is 4. The van der Waals surface area contributed by atoms with Gasteiger partial charge in [-0.2, -0.15) is 4.72 Å². The second-order valence-electron chi connectivity index (χ2n) is 4.74. The molecule has 134 valence electrons. The van der Waals surface area contributed by atoms with E-state index in [-0.39, 0.29) is 16.7 Å². The zero-order valence-corrected chi connectivity index (χ0v) is 14.8. The van der Waals surface area contributed by atoms with Crippen LogP contribution in [0.2, 0.25) is 10.0 Å². The lowest BCUT2D eigenvalue weighted by molar-refractivity contribution is -0.143. The number of rotatable bonds is 6. The van der Waals surface area contributed by atoms with Gasteiger partial charge < -0.3 is 4.74 Å². The van der Waals surface area contributed by atoms with Gasteiger partial charge in [-0.05, 0) is 24.3 Å². The summed E-state index contributed by atoms with van der Waals surface area (Å²) >= 11 is 11.8. The van der Waals surface area contributed by atoms with Gasteiger partial charge in [-0.3, -0.25) is 4.79 Å². The zero-order valence-electron chi connectivity index (χ0n) is 12.4. The van der Waals surface area contributed by atoms with Gasteiger partial charge in [-0.25, -0.2) is 17.2 Å². The highest BCUT2D eigenvalue weighted by atomic mass is 35.5. The van der Waals surface area contributed by atoms with Crippen LogP contribution in [-0.4, -0.2) is 20.9 Å². The van der Waals surface area contributed by atoms with Crippen molar-refractivity contribution in [1.29, 1.82) is 0 Å². The SMILES string of the molecule is O=C(CNS(=O)(=O)c1c(F)cccc1F)OCc1c(Cl)cccc1Cl. The highest BCUT2D eigenvalue weighted by Gasteiger charge is 2.24. The molecule has 2 aromatic rings. The number of carbonyl (C=O) groups excluding carboxylic acids is 1. The molecule has 0 saturated heterocycles. The quantitative estimate of drug-likeness (QED) is 0.742. The van der Waals surface area contributed by atoms with Crippen molar-refractivity contribution < 1.29 is 26.7 Å². The van der Waals surface area contributed by atoms with Crippen LogP contribution in [0.3, 0.4) is 0 Å². The summed E-state index contributed by atoms with van der Waals surface area (Å²) in [6.07, 6.45) is 0. The number of halogens is 4. The molecule has 0 fully saturated rings. The second-order valence-corrected chi connectivity index (χ2v) is 7.25. The fraction of sp³-hybridized carbons (Fsp3) is 0.133. The Morgan fingerprint density at radius 1 is 1.04 bits per heavy atom. The molecule has 0 aliphatic rings. The summed E-state index contributed by atoms with van der Waals surface area (Å²) in [5, 5.41) is 0.545. The Labute approximate surface area is 152 Å². The van der Waals surface area contributed by atoms with Crippen LogP contribution in [0.25, 0.3) is 0 Å². The number of hydrogen-bond donors (Lipinski definition) is 1. The van der Waals surface area contributed by atoms with Crippen molar-refractivity contribution in [2.75, 3.05) is 6.54 Å². The van der Waals surface area contributed by atoms with Crippen LogP contribution in [0.5, 0.6) is 0 Å². The zero-order chi connectivity index (χ0) is 18.6. The Balaban J connectivity index is 2.00. The van der Waals surface area contributed by atoms with Crippen LogP contribution >= 0.6 is 23.2 Å². The summed E-state index contributed by atoms with van der Waals surface area (Å²) in [5.41, 5.74) is 0.349. The first-order valence-corrected chi connectivity index (χ1v) is 8.98. The molecule has 0 amide bonds. The molecule has 2 aromatic carbocycles. The fourth-order valence-electron chi connectivity index (χ4n) is 1.84. The van der Waals surface area contributed by atoms with Gasteiger partial charge in [0.2, 0.25) is 10.0 Å². The van der Waals surface area contributed by atoms with E-state index in [1.807, 2.05) is 0 Å². The molecule has 2 rings (SSSR count). The number of carbonyl (C=O) groups is 1. The van der Waals surface area contributed by atoms with Crippen molar-refractivity contribution in [2.45, 2.75) is 11.5 Å². The maximum atomic E-state index is 13.5. The van der Waals surface area contributed by atoms with Gasteiger partial charge >= 0.3 is 5.97 Å². The van der Waals surface area contributed by atoms with Gasteiger partial charge in [0.05, 0.1) is 0 Å². The van der Waals surface area contributed by atoms with Gasteiger partial charge in [-0.1, -0.05) is 35.3 Å². The molecule has 0 spiro atoms. The summed E-state index contributed by atoms with van der Waals surface area (Å²) in [6.45, 7) is -1.11. The van der Waals surface area contributed by atoms with Gasteiger partial charge in [0, 0.05) is 15.6 Å². The van der Waals surface area contributed by atoms with Gasteiger partial charge in [0.15, 0.2) is 4.90 Å². The monoisotopic (exact) mass is 409 g/mol. The third-order valence-electron chi connectivity index (χ3n) is 3.03. The Morgan fingerprint density at radius 2 is 1.56 bits per heavy atom. The Hall–Kier alpha value is -1.74. The summed E-state index contributed by atoms with van der Waals surface area (Å²) in [4.78, 5) is 10.5. The molecule has 0 aromatic heterocycles. The van der Waals surface area contributed by atoms with E-state index in [9.17, 15) is 22.0 Å². The first-order valence-electron chi connectivity index (χ1n) is 6.74. The Bertz CT molecular complexity index is 866. The maximum Gasteiger partial charge on any atom is 0.321 e. The van der Waals surface area contributed by atoms with E-state index < -0.39 is 39.1 Å². The minimum Gasteiger partial charge on any atom is -0.460 e. The molecule has 0 heterocycles. The van der Waals surface area contributed by atoms with Crippen molar-refractivity contribution >= 4 is 39.2 Å². The molecule has 0 bridgehead atoms. The van der Waals surface area contributed by atoms with Crippen LogP contribution in [0.4, 0.5) is 8.78 Å². The third-order valence-corrected chi connectivity index (χ3v) is 5.19. The standard InChI is InChI=1S/C15H11Cl2F2NO4S/c16-10-3-1-4-11(17)9(10)8-24-14(21)7-20-25(22,23)15-12(18)5-2-6-13(15)19/h1-6,20H,7-8H2. The highest BCUT2D eigenvalue weighted by Crippen LogP contribution is 2.25. The van der Waals surface area contributed by atoms with Crippen molar-refractivity contribution in [3.63, 3.8) is 0 Å². The van der Waals surface area contributed by atoms with Crippen LogP contribution in [0, 0.1) is 11.6 Å². The maximum absolute atomic E-state index is 13.5. The third kappa shape index (κ3) is 4.88. The summed E-state index contributed by atoms with van der Waals surface area (Å²) in [7, 11) is -4.57. The van der Waals surface area contributed by atoms with E-state index >= 15 is 0 Å².